The van der Waals surface area contributed by atoms with E-state index in [-0.39, 0.29) is 5.56 Å². The molecule has 0 spiro atoms. The first kappa shape index (κ1) is 28.0. The topological polar surface area (TPSA) is 51.2 Å². The maximum atomic E-state index is 14.3. The normalized spacial score (nSPS) is 15.1. The lowest BCUT2D eigenvalue weighted by molar-refractivity contribution is -0.266. The van der Waals surface area contributed by atoms with Gasteiger partial charge in [0, 0.05) is 18.9 Å². The molecule has 0 aliphatic heterocycles. The molecule has 0 aliphatic carbocycles. The molecule has 0 saturated heterocycles. The van der Waals surface area contributed by atoms with Crippen LogP contribution in [0.3, 0.4) is 0 Å². The lowest BCUT2D eigenvalue weighted by atomic mass is 9.90. The average Bonchev–Trinajstić information content (AvgIpc) is 2.82. The number of halogens is 9. The third-order valence-corrected chi connectivity index (χ3v) is 5.47. The Kier molecular flexibility index (Phi) is 7.59. The van der Waals surface area contributed by atoms with Crippen LogP contribution in [-0.2, 0) is 27.5 Å². The number of ether oxygens (including phenoxy) is 1. The number of nitrogens with one attached hydrogen (secondary N) is 1. The van der Waals surface area contributed by atoms with Gasteiger partial charge in [-0.2, -0.15) is 39.5 Å². The van der Waals surface area contributed by atoms with E-state index in [0.717, 1.165) is 36.5 Å². The fourth-order valence-electron chi connectivity index (χ4n) is 3.72. The first-order chi connectivity index (χ1) is 17.1. The smallest absolute Gasteiger partial charge is 0.356 e. The highest BCUT2D eigenvalue weighted by molar-refractivity contribution is 5.88. The monoisotopic (exact) mass is 536 g/mol. The summed E-state index contributed by atoms with van der Waals surface area (Å²) >= 11 is 0. The van der Waals surface area contributed by atoms with Crippen LogP contribution in [0.2, 0.25) is 0 Å². The van der Waals surface area contributed by atoms with Gasteiger partial charge in [-0.15, -0.1) is 0 Å². The number of rotatable bonds is 6. The van der Waals surface area contributed by atoms with Gasteiger partial charge in [-0.3, -0.25) is 9.78 Å². The summed E-state index contributed by atoms with van der Waals surface area (Å²) in [7, 11) is 0.592. The van der Waals surface area contributed by atoms with E-state index in [0.29, 0.717) is 25.3 Å². The zero-order valence-corrected chi connectivity index (χ0v) is 18.7. The molecule has 1 amide bonds. The number of hydrogen-bond donors (Lipinski definition) is 1. The molecule has 3 rings (SSSR count). The molecule has 0 aliphatic rings. The summed E-state index contributed by atoms with van der Waals surface area (Å²) in [6.07, 6.45) is -14.3. The highest BCUT2D eigenvalue weighted by Crippen LogP contribution is 2.43. The second-order valence-corrected chi connectivity index (χ2v) is 7.71. The molecule has 2 atom stereocenters. The van der Waals surface area contributed by atoms with Crippen molar-refractivity contribution in [2.75, 3.05) is 7.11 Å². The maximum absolute atomic E-state index is 14.3. The fraction of sp³-hybridized carbons (Fsp3) is 0.250. The molecule has 0 fully saturated rings. The van der Waals surface area contributed by atoms with Crippen LogP contribution in [0.15, 0.2) is 72.9 Å². The number of hydrogen-bond acceptors (Lipinski definition) is 3. The van der Waals surface area contributed by atoms with E-state index in [1.807, 2.05) is 5.32 Å². The van der Waals surface area contributed by atoms with Gasteiger partial charge in [0.25, 0.3) is 11.5 Å². The lowest BCUT2D eigenvalue weighted by Crippen LogP contribution is -2.56. The molecule has 1 aromatic heterocycles. The van der Waals surface area contributed by atoms with Gasteiger partial charge in [0.05, 0.1) is 22.9 Å². The largest absolute Gasteiger partial charge is 0.430 e. The standard InChI is InChI=1S/C24H17F9N2O2/c1-37-21(24(31,32)33,15-6-3-2-4-7-15)20(36)35-18(14-9-11-16(12-10-14)22(25,26)27)19-17(23(28,29)30)8-5-13-34-19/h2-13,18H,1H3,(H,35,36)/t18-,21?/m0/s1. The highest BCUT2D eigenvalue weighted by Gasteiger charge is 2.63. The molecule has 4 nitrogen and oxygen atoms in total. The van der Waals surface area contributed by atoms with Gasteiger partial charge in [0.1, 0.15) is 0 Å². The molecule has 37 heavy (non-hydrogen) atoms. The van der Waals surface area contributed by atoms with Gasteiger partial charge < -0.3 is 10.1 Å². The number of pyridine rings is 1. The van der Waals surface area contributed by atoms with Crippen LogP contribution in [0.1, 0.15) is 34.0 Å². The van der Waals surface area contributed by atoms with Gasteiger partial charge >= 0.3 is 18.5 Å². The van der Waals surface area contributed by atoms with Gasteiger partial charge in [0.15, 0.2) is 0 Å². The Morgan fingerprint density at radius 3 is 1.86 bits per heavy atom. The quantitative estimate of drug-likeness (QED) is 0.370. The van der Waals surface area contributed by atoms with Crippen LogP contribution in [0.4, 0.5) is 39.5 Å². The zero-order valence-electron chi connectivity index (χ0n) is 18.7. The summed E-state index contributed by atoms with van der Waals surface area (Å²) in [4.78, 5) is 16.9. The zero-order chi connectivity index (χ0) is 27.6. The van der Waals surface area contributed by atoms with E-state index in [9.17, 15) is 44.3 Å². The Balaban J connectivity index is 2.20. The number of alkyl halides is 9. The number of benzene rings is 2. The first-order valence-electron chi connectivity index (χ1n) is 10.3. The van der Waals surface area contributed by atoms with E-state index in [1.54, 1.807) is 0 Å². The van der Waals surface area contributed by atoms with E-state index in [2.05, 4.69) is 9.72 Å². The number of amides is 1. The van der Waals surface area contributed by atoms with Crippen molar-refractivity contribution in [1.29, 1.82) is 0 Å². The molecule has 0 bridgehead atoms. The molecule has 13 heteroatoms. The number of carbonyl (C=O) groups is 1. The minimum absolute atomic E-state index is 0.384. The fourth-order valence-corrected chi connectivity index (χ4v) is 3.72. The van der Waals surface area contributed by atoms with Crippen molar-refractivity contribution in [2.45, 2.75) is 30.2 Å². The van der Waals surface area contributed by atoms with Crippen molar-refractivity contribution in [2.24, 2.45) is 0 Å². The van der Waals surface area contributed by atoms with Gasteiger partial charge in [-0.05, 0) is 29.8 Å². The highest BCUT2D eigenvalue weighted by atomic mass is 19.4. The number of aromatic nitrogens is 1. The summed E-state index contributed by atoms with van der Waals surface area (Å²) in [6, 6.07) is 7.61. The van der Waals surface area contributed by atoms with Crippen LogP contribution in [0, 0.1) is 0 Å². The van der Waals surface area contributed by atoms with E-state index in [4.69, 9.17) is 0 Å². The predicted octanol–water partition coefficient (Wildman–Crippen LogP) is 6.43. The summed E-state index contributed by atoms with van der Waals surface area (Å²) < 4.78 is 128. The van der Waals surface area contributed by atoms with Crippen LogP contribution in [0.5, 0.6) is 0 Å². The summed E-state index contributed by atoms with van der Waals surface area (Å²) in [5, 5.41) is 1.89. The number of carbonyl (C=O) groups excluding carboxylic acids is 1. The molecule has 1 heterocycles. The van der Waals surface area contributed by atoms with Crippen molar-refractivity contribution in [1.82, 2.24) is 10.3 Å². The third kappa shape index (κ3) is 5.55. The molecule has 198 valence electrons. The summed E-state index contributed by atoms with van der Waals surface area (Å²) in [5.74, 6) is -1.91. The second kappa shape index (κ2) is 10.0. The molecular weight excluding hydrogens is 519 g/mol. The van der Waals surface area contributed by atoms with Gasteiger partial charge in [0.2, 0.25) is 0 Å². The molecule has 3 aromatic rings. The molecule has 1 unspecified atom stereocenters. The maximum Gasteiger partial charge on any atom is 0.430 e. The van der Waals surface area contributed by atoms with Crippen molar-refractivity contribution in [3.05, 3.63) is 101 Å². The van der Waals surface area contributed by atoms with Crippen molar-refractivity contribution in [3.8, 4) is 0 Å². The Morgan fingerprint density at radius 1 is 0.784 bits per heavy atom. The van der Waals surface area contributed by atoms with Crippen molar-refractivity contribution >= 4 is 5.91 Å². The molecule has 0 saturated carbocycles. The minimum Gasteiger partial charge on any atom is -0.356 e. The van der Waals surface area contributed by atoms with Crippen molar-refractivity contribution < 1.29 is 49.0 Å². The van der Waals surface area contributed by atoms with Gasteiger partial charge in [-0.25, -0.2) is 0 Å². The Labute approximate surface area is 204 Å². The van der Waals surface area contributed by atoms with Crippen LogP contribution < -0.4 is 5.32 Å². The van der Waals surface area contributed by atoms with Crippen LogP contribution in [0.25, 0.3) is 0 Å². The lowest BCUT2D eigenvalue weighted by Gasteiger charge is -2.35. The predicted molar refractivity (Wildman–Crippen MR) is 112 cm³/mol. The first-order valence-corrected chi connectivity index (χ1v) is 10.3. The Hall–Kier alpha value is -3.61. The number of nitrogens with zero attached hydrogens (tertiary/aromatic N) is 1. The Morgan fingerprint density at radius 2 is 1.38 bits per heavy atom. The molecule has 2 aromatic carbocycles. The number of methoxy groups -OCH3 is 1. The van der Waals surface area contributed by atoms with Crippen LogP contribution in [-0.4, -0.2) is 24.2 Å². The second-order valence-electron chi connectivity index (χ2n) is 7.71. The summed E-state index contributed by atoms with van der Waals surface area (Å²) in [6.45, 7) is 0. The Bertz CT molecular complexity index is 1220. The van der Waals surface area contributed by atoms with E-state index in [1.165, 1.54) is 18.2 Å². The SMILES string of the molecule is COC(C(=O)N[C@@H](c1ccc(C(F)(F)F)cc1)c1ncccc1C(F)(F)F)(c1ccccc1)C(F)(F)F. The van der Waals surface area contributed by atoms with E-state index < -0.39 is 58.5 Å². The molecule has 0 radical (unpaired) electrons. The summed E-state index contributed by atoms with van der Waals surface area (Å²) in [5.41, 5.74) is -8.22. The molecular formula is C24H17F9N2O2. The minimum atomic E-state index is -5.39. The average molecular weight is 536 g/mol. The van der Waals surface area contributed by atoms with E-state index >= 15 is 0 Å². The van der Waals surface area contributed by atoms with Gasteiger partial charge in [-0.1, -0.05) is 42.5 Å². The molecule has 1 N–H and O–H groups in total. The van der Waals surface area contributed by atoms with Crippen LogP contribution >= 0.6 is 0 Å². The third-order valence-electron chi connectivity index (χ3n) is 5.47. The van der Waals surface area contributed by atoms with Crippen molar-refractivity contribution in [3.63, 3.8) is 0 Å².